The van der Waals surface area contributed by atoms with Crippen LogP contribution in [0.1, 0.15) is 34.6 Å². The van der Waals surface area contributed by atoms with Gasteiger partial charge in [-0.05, 0) is 34.6 Å². The van der Waals surface area contributed by atoms with Crippen molar-refractivity contribution < 1.29 is 65.3 Å². The fourth-order valence-corrected chi connectivity index (χ4v) is 2.92. The molecule has 0 amide bonds. The van der Waals surface area contributed by atoms with Crippen LogP contribution in [0, 0.1) is 0 Å². The lowest BCUT2D eigenvalue weighted by atomic mass is 10.00. The lowest BCUT2D eigenvalue weighted by Crippen LogP contribution is -2.46. The van der Waals surface area contributed by atoms with Crippen LogP contribution in [0.25, 0.3) is 0 Å². The third-order valence-corrected chi connectivity index (χ3v) is 4.72. The molecule has 0 radical (unpaired) electrons. The predicted molar refractivity (Wildman–Crippen MR) is 96.2 cm³/mol. The summed E-state index contributed by atoms with van der Waals surface area (Å²) >= 11 is 0. The summed E-state index contributed by atoms with van der Waals surface area (Å²) in [7, 11) is -4.78. The van der Waals surface area contributed by atoms with Crippen molar-refractivity contribution in [1.29, 1.82) is 0 Å². The lowest BCUT2D eigenvalue weighted by molar-refractivity contribution is -0.183. The minimum absolute atomic E-state index is 0.519. The Bertz CT molecular complexity index is 627. The molecule has 12 nitrogen and oxygen atoms in total. The summed E-state index contributed by atoms with van der Waals surface area (Å²) in [6, 6.07) is 0. The monoisotopic (exact) mass is 480 g/mol. The van der Waals surface area contributed by atoms with E-state index in [0.29, 0.717) is 0 Å². The van der Waals surface area contributed by atoms with Crippen LogP contribution in [0.4, 0.5) is 18.4 Å². The number of phosphoric acid groups is 1. The van der Waals surface area contributed by atoms with Crippen molar-refractivity contribution in [3.63, 3.8) is 0 Å². The third-order valence-electron chi connectivity index (χ3n) is 3.43. The van der Waals surface area contributed by atoms with Gasteiger partial charge in [0.15, 0.2) is 11.8 Å². The number of hydrogen-bond donors (Lipinski definition) is 1. The fourth-order valence-electron chi connectivity index (χ4n) is 2.00. The number of ether oxygens (including phenoxy) is 5. The highest BCUT2D eigenvalue weighted by molar-refractivity contribution is 7.48. The van der Waals surface area contributed by atoms with Gasteiger partial charge < -0.3 is 28.8 Å². The first-order chi connectivity index (χ1) is 14.2. The van der Waals surface area contributed by atoms with Crippen molar-refractivity contribution in [3.05, 3.63) is 0 Å². The predicted octanol–water partition coefficient (Wildman–Crippen LogP) is 2.97. The Morgan fingerprint density at radius 1 is 1.03 bits per heavy atom. The van der Waals surface area contributed by atoms with E-state index in [1.165, 1.54) is 0 Å². The number of aliphatic hydroxyl groups is 1. The molecule has 1 saturated heterocycles. The van der Waals surface area contributed by atoms with Crippen molar-refractivity contribution in [2.45, 2.75) is 64.5 Å². The molecule has 0 bridgehead atoms. The van der Waals surface area contributed by atoms with E-state index in [4.69, 9.17) is 13.6 Å². The van der Waals surface area contributed by atoms with Gasteiger partial charge in [-0.15, -0.1) is 0 Å². The Labute approximate surface area is 177 Å². The first-order valence-electron chi connectivity index (χ1n) is 9.09. The molecular weight excluding hydrogens is 453 g/mol. The summed E-state index contributed by atoms with van der Waals surface area (Å²) in [4.78, 5) is 22.7. The van der Waals surface area contributed by atoms with Crippen molar-refractivity contribution in [2.75, 3.05) is 26.8 Å². The average Bonchev–Trinajstić information content (AvgIpc) is 2.83. The summed E-state index contributed by atoms with van der Waals surface area (Å²) in [6.07, 6.45) is -5.67. The van der Waals surface area contributed by atoms with Crippen molar-refractivity contribution >= 4 is 20.1 Å². The molecule has 15 heteroatoms. The van der Waals surface area contributed by atoms with E-state index in [1.54, 1.807) is 27.7 Å². The van der Waals surface area contributed by atoms with Crippen LogP contribution >= 0.6 is 7.82 Å². The molecule has 3 atom stereocenters. The molecule has 1 fully saturated rings. The molecule has 31 heavy (non-hydrogen) atoms. The topological polar surface area (TPSA) is 145 Å². The van der Waals surface area contributed by atoms with Gasteiger partial charge in [-0.3, -0.25) is 4.52 Å². The Morgan fingerprint density at radius 3 is 1.84 bits per heavy atom. The van der Waals surface area contributed by atoms with E-state index in [9.17, 15) is 28.0 Å². The van der Waals surface area contributed by atoms with Crippen LogP contribution in [0.15, 0.2) is 0 Å². The quantitative estimate of drug-likeness (QED) is 0.264. The van der Waals surface area contributed by atoms with Crippen LogP contribution in [0.5, 0.6) is 0 Å². The van der Waals surface area contributed by atoms with Crippen molar-refractivity contribution in [3.8, 4) is 0 Å². The van der Waals surface area contributed by atoms with E-state index >= 15 is 0 Å². The molecule has 0 saturated carbocycles. The second-order valence-electron chi connectivity index (χ2n) is 7.09. The highest BCUT2D eigenvalue weighted by Crippen LogP contribution is 2.51. The van der Waals surface area contributed by atoms with Crippen molar-refractivity contribution in [1.82, 2.24) is 0 Å². The third kappa shape index (κ3) is 9.21. The fraction of sp³-hybridized carbons (Fsp3) is 0.875. The number of carbonyl (C=O) groups is 2. The molecule has 1 rings (SSSR count). The van der Waals surface area contributed by atoms with E-state index in [-0.39, 0.29) is 0 Å². The van der Waals surface area contributed by atoms with Crippen LogP contribution < -0.4 is 0 Å². The minimum Gasteiger partial charge on any atom is -0.432 e. The van der Waals surface area contributed by atoms with Gasteiger partial charge in [-0.2, -0.15) is 0 Å². The van der Waals surface area contributed by atoms with E-state index in [1.807, 2.05) is 0 Å². The van der Waals surface area contributed by atoms with Gasteiger partial charge in [0.25, 0.3) is 5.85 Å². The van der Waals surface area contributed by atoms with Crippen LogP contribution in [0.2, 0.25) is 0 Å². The standard InChI is InChI=1S/C16H27F2O12P/c1-10(2)29-13(20)23-8-27-31(22,28-9-24-14(21)30-11(3)4)26-7-16(18)12(19)15(5,17)6-25-16/h10-12,19H,6-9H2,1-5H3/t12-,15-,16+/m0/s1. The lowest BCUT2D eigenvalue weighted by Gasteiger charge is -2.26. The summed E-state index contributed by atoms with van der Waals surface area (Å²) in [5.41, 5.74) is -2.43. The molecule has 0 spiro atoms. The maximum absolute atomic E-state index is 14.6. The number of rotatable bonds is 11. The molecule has 182 valence electrons. The van der Waals surface area contributed by atoms with Gasteiger partial charge >= 0.3 is 20.1 Å². The number of aliphatic hydroxyl groups excluding tert-OH is 1. The summed E-state index contributed by atoms with van der Waals surface area (Å²) < 4.78 is 78.3. The molecule has 0 aromatic rings. The zero-order chi connectivity index (χ0) is 23.9. The zero-order valence-corrected chi connectivity index (χ0v) is 18.6. The van der Waals surface area contributed by atoms with Gasteiger partial charge in [-0.1, -0.05) is 0 Å². The zero-order valence-electron chi connectivity index (χ0n) is 17.7. The smallest absolute Gasteiger partial charge is 0.432 e. The highest BCUT2D eigenvalue weighted by atomic mass is 31.2. The molecule has 1 N–H and O–H groups in total. The number of hydrogen-bond acceptors (Lipinski definition) is 12. The SMILES string of the molecule is CC(C)OC(=O)OCOP(=O)(OCOC(=O)OC(C)C)OC[C@@]1(F)OC[C@](C)(F)[C@@H]1O. The minimum atomic E-state index is -4.78. The molecule has 0 unspecified atom stereocenters. The summed E-state index contributed by atoms with van der Waals surface area (Å²) in [5.74, 6) is -3.08. The largest absolute Gasteiger partial charge is 0.510 e. The van der Waals surface area contributed by atoms with Crippen LogP contribution in [0.3, 0.4) is 0 Å². The first-order valence-corrected chi connectivity index (χ1v) is 10.6. The Balaban J connectivity index is 2.71. The Morgan fingerprint density at radius 2 is 1.48 bits per heavy atom. The second-order valence-corrected chi connectivity index (χ2v) is 8.76. The molecule has 1 aliphatic rings. The summed E-state index contributed by atoms with van der Waals surface area (Å²) in [6.45, 7) is 2.92. The molecule has 0 aromatic carbocycles. The highest BCUT2D eigenvalue weighted by Gasteiger charge is 2.58. The van der Waals surface area contributed by atoms with Gasteiger partial charge in [0.05, 0.1) is 18.8 Å². The Kier molecular flexibility index (Phi) is 10.0. The van der Waals surface area contributed by atoms with Gasteiger partial charge in [0, 0.05) is 0 Å². The molecule has 1 heterocycles. The van der Waals surface area contributed by atoms with Gasteiger partial charge in [-0.25, -0.2) is 32.0 Å². The molecule has 0 aromatic heterocycles. The maximum atomic E-state index is 14.6. The Hall–Kier alpha value is -1.57. The van der Waals surface area contributed by atoms with Gasteiger partial charge in [0.1, 0.15) is 6.61 Å². The van der Waals surface area contributed by atoms with E-state index in [2.05, 4.69) is 23.7 Å². The van der Waals surface area contributed by atoms with Crippen LogP contribution in [-0.4, -0.2) is 74.1 Å². The van der Waals surface area contributed by atoms with Gasteiger partial charge in [0.2, 0.25) is 13.6 Å². The van der Waals surface area contributed by atoms with E-state index in [0.717, 1.165) is 6.92 Å². The first kappa shape index (κ1) is 27.5. The number of carbonyl (C=O) groups excluding carboxylic acids is 2. The molecule has 1 aliphatic heterocycles. The number of halogens is 2. The second kappa shape index (κ2) is 11.3. The average molecular weight is 480 g/mol. The number of phosphoric ester groups is 1. The van der Waals surface area contributed by atoms with E-state index < -0.39 is 76.8 Å². The normalized spacial score (nSPS) is 26.2. The van der Waals surface area contributed by atoms with Crippen LogP contribution in [-0.2, 0) is 41.8 Å². The molecule has 0 aliphatic carbocycles. The number of alkyl halides is 2. The summed E-state index contributed by atoms with van der Waals surface area (Å²) in [5, 5.41) is 9.74. The van der Waals surface area contributed by atoms with Crippen molar-refractivity contribution in [2.24, 2.45) is 0 Å². The molecular formula is C16H27F2O12P. The maximum Gasteiger partial charge on any atom is 0.510 e.